The zero-order chi connectivity index (χ0) is 32.9. The number of esters is 1. The lowest BCUT2D eigenvalue weighted by molar-refractivity contribution is -0.172. The maximum atomic E-state index is 13.9. The Morgan fingerprint density at radius 3 is 2.06 bits per heavy atom. The van der Waals surface area contributed by atoms with Gasteiger partial charge in [0.25, 0.3) is 5.56 Å². The first-order valence-electron chi connectivity index (χ1n) is 15.9. The highest BCUT2D eigenvalue weighted by atomic mass is 16.6. The molecule has 0 unspecified atom stereocenters. The normalized spacial score (nSPS) is 16.8. The van der Waals surface area contributed by atoms with E-state index in [0.717, 1.165) is 33.2 Å². The number of aromatic nitrogens is 2. The van der Waals surface area contributed by atoms with Crippen molar-refractivity contribution < 1.29 is 19.5 Å². The Hall–Kier alpha value is -5.86. The van der Waals surface area contributed by atoms with Gasteiger partial charge >= 0.3 is 5.97 Å². The highest BCUT2D eigenvalue weighted by Crippen LogP contribution is 2.42. The number of fused-ring (bicyclic) bond motifs is 5. The molecule has 236 valence electrons. The van der Waals surface area contributed by atoms with E-state index < -0.39 is 17.2 Å². The fraction of sp³-hybridized carbons (Fsp3) is 0.150. The van der Waals surface area contributed by atoms with Crippen molar-refractivity contribution in [3.63, 3.8) is 0 Å². The van der Waals surface area contributed by atoms with E-state index in [4.69, 9.17) is 19.7 Å². The van der Waals surface area contributed by atoms with E-state index in [1.54, 1.807) is 23.8 Å². The van der Waals surface area contributed by atoms with E-state index in [0.29, 0.717) is 16.9 Å². The summed E-state index contributed by atoms with van der Waals surface area (Å²) < 4.78 is 6.88. The van der Waals surface area contributed by atoms with Crippen LogP contribution in [0.5, 0.6) is 0 Å². The van der Waals surface area contributed by atoms with Gasteiger partial charge in [0, 0.05) is 38.8 Å². The van der Waals surface area contributed by atoms with Crippen molar-refractivity contribution in [3.8, 4) is 11.4 Å². The molecule has 8 heteroatoms. The zero-order valence-corrected chi connectivity index (χ0v) is 26.2. The van der Waals surface area contributed by atoms with Crippen molar-refractivity contribution in [2.24, 2.45) is 5.16 Å². The second-order valence-corrected chi connectivity index (χ2v) is 12.1. The van der Waals surface area contributed by atoms with Crippen LogP contribution in [-0.4, -0.2) is 26.8 Å². The average Bonchev–Trinajstić information content (AvgIpc) is 3.51. The number of ether oxygens (including phenoxy) is 1. The molecule has 4 heterocycles. The third-order valence-corrected chi connectivity index (χ3v) is 9.55. The van der Waals surface area contributed by atoms with E-state index in [1.165, 1.54) is 0 Å². The van der Waals surface area contributed by atoms with Gasteiger partial charge < -0.3 is 19.2 Å². The van der Waals surface area contributed by atoms with Crippen molar-refractivity contribution in [1.82, 2.24) is 9.55 Å². The summed E-state index contributed by atoms with van der Waals surface area (Å²) in [5, 5.41) is 16.9. The van der Waals surface area contributed by atoms with Crippen molar-refractivity contribution in [1.29, 1.82) is 0 Å². The predicted octanol–water partition coefficient (Wildman–Crippen LogP) is 6.42. The molecule has 0 bridgehead atoms. The average molecular weight is 634 g/mol. The quantitative estimate of drug-likeness (QED) is 0.0941. The summed E-state index contributed by atoms with van der Waals surface area (Å²) in [6.45, 7) is 1.73. The molecule has 2 aromatic heterocycles. The van der Waals surface area contributed by atoms with Crippen LogP contribution in [0.1, 0.15) is 52.3 Å². The largest absolute Gasteiger partial charge is 0.458 e. The number of cyclic esters (lactones) is 1. The number of hydrogen-bond donors (Lipinski definition) is 1. The molecule has 4 aromatic carbocycles. The molecule has 0 amide bonds. The van der Waals surface area contributed by atoms with E-state index in [2.05, 4.69) is 0 Å². The maximum absolute atomic E-state index is 13.9. The summed E-state index contributed by atoms with van der Waals surface area (Å²) in [5.41, 5.74) is 3.37. The number of oxime groups is 1. The summed E-state index contributed by atoms with van der Waals surface area (Å²) in [6.07, 6.45) is 1.78. The third-order valence-electron chi connectivity index (χ3n) is 9.55. The topological polar surface area (TPSA) is 103 Å². The summed E-state index contributed by atoms with van der Waals surface area (Å²) in [6, 6.07) is 39.5. The number of carbonyl (C=O) groups excluding carboxylic acids is 1. The highest BCUT2D eigenvalue weighted by Gasteiger charge is 2.45. The Morgan fingerprint density at radius 2 is 1.46 bits per heavy atom. The Balaban J connectivity index is 1.31. The lowest BCUT2D eigenvalue weighted by atomic mass is 9.80. The second-order valence-electron chi connectivity index (χ2n) is 12.1. The molecule has 0 saturated carbocycles. The fourth-order valence-electron chi connectivity index (χ4n) is 7.04. The van der Waals surface area contributed by atoms with E-state index in [9.17, 15) is 14.7 Å². The van der Waals surface area contributed by atoms with Gasteiger partial charge in [-0.25, -0.2) is 9.78 Å². The molecular formula is C40H31N3O5. The summed E-state index contributed by atoms with van der Waals surface area (Å²) >= 11 is 0. The monoisotopic (exact) mass is 633 g/mol. The second kappa shape index (κ2) is 11.4. The number of rotatable bonds is 7. The Kier molecular flexibility index (Phi) is 7.04. The molecule has 0 fully saturated rings. The number of hydrogen-bond acceptors (Lipinski definition) is 7. The summed E-state index contributed by atoms with van der Waals surface area (Å²) in [4.78, 5) is 38.3. The number of pyridine rings is 2. The Bertz CT molecular complexity index is 2190. The number of aliphatic hydroxyl groups is 1. The van der Waals surface area contributed by atoms with Crippen LogP contribution in [0.2, 0.25) is 0 Å². The molecule has 6 aromatic rings. The molecule has 0 radical (unpaired) electrons. The van der Waals surface area contributed by atoms with Crippen LogP contribution in [0.25, 0.3) is 22.3 Å². The lowest BCUT2D eigenvalue weighted by Crippen LogP contribution is -2.44. The van der Waals surface area contributed by atoms with Crippen molar-refractivity contribution in [3.05, 3.63) is 171 Å². The van der Waals surface area contributed by atoms with Crippen LogP contribution in [0.4, 0.5) is 0 Å². The van der Waals surface area contributed by atoms with Gasteiger partial charge in [-0.3, -0.25) is 4.79 Å². The minimum absolute atomic E-state index is 0.0704. The molecule has 8 nitrogen and oxygen atoms in total. The molecule has 0 spiro atoms. The molecular weight excluding hydrogens is 602 g/mol. The number of para-hydroxylation sites is 1. The predicted molar refractivity (Wildman–Crippen MR) is 182 cm³/mol. The Labute approximate surface area is 276 Å². The van der Waals surface area contributed by atoms with Gasteiger partial charge in [0.15, 0.2) is 5.60 Å². The first kappa shape index (κ1) is 29.5. The molecule has 2 aliphatic heterocycles. The van der Waals surface area contributed by atoms with Gasteiger partial charge in [-0.1, -0.05) is 121 Å². The zero-order valence-electron chi connectivity index (χ0n) is 26.2. The van der Waals surface area contributed by atoms with Crippen molar-refractivity contribution in [2.75, 3.05) is 0 Å². The van der Waals surface area contributed by atoms with Gasteiger partial charge in [-0.2, -0.15) is 0 Å². The summed E-state index contributed by atoms with van der Waals surface area (Å²) in [5.74, 6) is -0.754. The number of benzene rings is 4. The number of carbonyl (C=O) groups is 1. The minimum Gasteiger partial charge on any atom is -0.458 e. The number of nitrogens with zero attached hydrogens (tertiary/aromatic N) is 3. The van der Waals surface area contributed by atoms with Gasteiger partial charge in [-0.15, -0.1) is 0 Å². The highest BCUT2D eigenvalue weighted by molar-refractivity contribution is 6.02. The van der Waals surface area contributed by atoms with Crippen LogP contribution in [0, 0.1) is 0 Å². The van der Waals surface area contributed by atoms with Crippen LogP contribution >= 0.6 is 0 Å². The van der Waals surface area contributed by atoms with Crippen LogP contribution < -0.4 is 5.56 Å². The smallest absolute Gasteiger partial charge is 0.343 e. The SMILES string of the molecule is CC[C@@]1(O)C(=O)OCc2c1cc1n(c2=O)Cc2c-1nc1ccccc1c2/C=N/OC(c1ccccc1)(c1ccccc1)c1ccccc1. The van der Waals surface area contributed by atoms with Gasteiger partial charge in [0.05, 0.1) is 35.2 Å². The van der Waals surface area contributed by atoms with E-state index >= 15 is 0 Å². The van der Waals surface area contributed by atoms with Gasteiger partial charge in [-0.05, 0) is 18.6 Å². The molecule has 48 heavy (non-hydrogen) atoms. The summed E-state index contributed by atoms with van der Waals surface area (Å²) in [7, 11) is 0. The fourth-order valence-corrected chi connectivity index (χ4v) is 7.04. The molecule has 1 N–H and O–H groups in total. The van der Waals surface area contributed by atoms with E-state index in [1.807, 2.05) is 115 Å². The van der Waals surface area contributed by atoms with Crippen LogP contribution in [0.3, 0.4) is 0 Å². The molecule has 0 saturated heterocycles. The lowest BCUT2D eigenvalue weighted by Gasteiger charge is -2.33. The molecule has 2 aliphatic rings. The van der Waals surface area contributed by atoms with Crippen LogP contribution in [-0.2, 0) is 38.7 Å². The van der Waals surface area contributed by atoms with Gasteiger partial charge in [0.2, 0.25) is 5.60 Å². The Morgan fingerprint density at radius 1 is 0.875 bits per heavy atom. The van der Waals surface area contributed by atoms with Crippen molar-refractivity contribution >= 4 is 23.1 Å². The molecule has 8 rings (SSSR count). The molecule has 0 aliphatic carbocycles. The van der Waals surface area contributed by atoms with E-state index in [-0.39, 0.29) is 36.3 Å². The third kappa shape index (κ3) is 4.41. The maximum Gasteiger partial charge on any atom is 0.343 e. The van der Waals surface area contributed by atoms with Gasteiger partial charge in [0.1, 0.15) is 6.61 Å². The first-order chi connectivity index (χ1) is 23.5. The first-order valence-corrected chi connectivity index (χ1v) is 15.9. The van der Waals surface area contributed by atoms with Crippen molar-refractivity contribution in [2.45, 2.75) is 37.7 Å². The van der Waals surface area contributed by atoms with Crippen LogP contribution in [0.15, 0.2) is 131 Å². The standard InChI is InChI=1S/C40H31N3O5/c1-2-39(46)33-22-35-36-31(24-43(35)37(44)32(33)25-47-38(39)45)30(29-20-12-13-21-34(29)42-36)23-41-48-40(26-14-6-3-7-15-26,27-16-8-4-9-17-27)28-18-10-5-11-19-28/h3-23,46H,2,24-25H2,1H3/b41-23+/t39-/m0/s1. The minimum atomic E-state index is -1.91. The molecule has 1 atom stereocenters.